The van der Waals surface area contributed by atoms with Crippen molar-refractivity contribution in [3.63, 3.8) is 0 Å². The fraction of sp³-hybridized carbons (Fsp3) is 0. The highest BCUT2D eigenvalue weighted by molar-refractivity contribution is 6.24. The highest BCUT2D eigenvalue weighted by Crippen LogP contribution is 2.44. The van der Waals surface area contributed by atoms with Crippen molar-refractivity contribution in [3.05, 3.63) is 224 Å². The fourth-order valence-electron chi connectivity index (χ4n) is 10.1. The molecule has 0 N–H and O–H groups in total. The Morgan fingerprint density at radius 3 is 1.43 bits per heavy atom. The minimum absolute atomic E-state index is 1.13. The Bertz CT molecular complexity index is 3860. The Kier molecular flexibility index (Phi) is 7.31. The van der Waals surface area contributed by atoms with E-state index < -0.39 is 0 Å². The molecule has 3 heteroatoms. The van der Waals surface area contributed by atoms with Crippen molar-refractivity contribution in [1.82, 2.24) is 13.7 Å². The minimum Gasteiger partial charge on any atom is -0.309 e. The van der Waals surface area contributed by atoms with Crippen molar-refractivity contribution >= 4 is 76.2 Å². The van der Waals surface area contributed by atoms with Crippen molar-refractivity contribution in [3.8, 4) is 39.3 Å². The number of aromatic nitrogens is 3. The summed E-state index contributed by atoms with van der Waals surface area (Å²) in [4.78, 5) is 0. The van der Waals surface area contributed by atoms with E-state index in [2.05, 4.69) is 238 Å². The average molecular weight is 776 g/mol. The molecule has 13 rings (SSSR count). The second-order valence-electron chi connectivity index (χ2n) is 16.1. The first kappa shape index (κ1) is 33.8. The highest BCUT2D eigenvalue weighted by atomic mass is 15.0. The van der Waals surface area contributed by atoms with Gasteiger partial charge in [-0.1, -0.05) is 158 Å². The number of para-hydroxylation sites is 3. The summed E-state index contributed by atoms with van der Waals surface area (Å²) in [6.07, 6.45) is 0. The Balaban J connectivity index is 1.09. The van der Waals surface area contributed by atoms with Crippen LogP contribution in [-0.2, 0) is 0 Å². The molecule has 3 aromatic heterocycles. The molecule has 3 nitrogen and oxygen atoms in total. The van der Waals surface area contributed by atoms with E-state index >= 15 is 0 Å². The Morgan fingerprint density at radius 2 is 0.689 bits per heavy atom. The van der Waals surface area contributed by atoms with Crippen molar-refractivity contribution in [2.24, 2.45) is 0 Å². The van der Waals surface area contributed by atoms with Crippen LogP contribution in [0.1, 0.15) is 0 Å². The van der Waals surface area contributed by atoms with Gasteiger partial charge in [-0.25, -0.2) is 0 Å². The monoisotopic (exact) mass is 775 g/mol. The number of hydrogen-bond donors (Lipinski definition) is 0. The minimum atomic E-state index is 1.13. The molecule has 0 fully saturated rings. The molecule has 13 aromatic rings. The molecule has 61 heavy (non-hydrogen) atoms. The van der Waals surface area contributed by atoms with Crippen molar-refractivity contribution in [2.45, 2.75) is 0 Å². The standard InChI is InChI=1S/C58H37N3/c1-3-15-38(16-4-1)40-19-13-22-44(35-40)60-55-33-29-42(37-51(55)49-32-31-48-46-24-9-11-26-53(46)59(57(48)58(49)60)43-20-5-2-6-21-43)41-30-34-56-50(36-41)47-25-10-12-27-54(47)61(56)52-28-14-18-39-17-7-8-23-45(39)52/h1-37H. The molecule has 284 valence electrons. The van der Waals surface area contributed by atoms with E-state index in [4.69, 9.17) is 0 Å². The van der Waals surface area contributed by atoms with Crippen LogP contribution in [0.3, 0.4) is 0 Å². The molecule has 0 aliphatic rings. The zero-order valence-corrected chi connectivity index (χ0v) is 33.2. The van der Waals surface area contributed by atoms with Gasteiger partial charge in [0.15, 0.2) is 0 Å². The fourth-order valence-corrected chi connectivity index (χ4v) is 10.1. The quantitative estimate of drug-likeness (QED) is 0.165. The Morgan fingerprint density at radius 1 is 0.230 bits per heavy atom. The molecule has 3 heterocycles. The number of fused-ring (bicyclic) bond motifs is 11. The lowest BCUT2D eigenvalue weighted by atomic mass is 10.00. The van der Waals surface area contributed by atoms with Gasteiger partial charge in [0.1, 0.15) is 0 Å². The molecule has 0 spiro atoms. The van der Waals surface area contributed by atoms with Crippen molar-refractivity contribution in [2.75, 3.05) is 0 Å². The van der Waals surface area contributed by atoms with Gasteiger partial charge in [-0.2, -0.15) is 0 Å². The summed E-state index contributed by atoms with van der Waals surface area (Å²) < 4.78 is 7.40. The molecule has 0 amide bonds. The lowest BCUT2D eigenvalue weighted by Crippen LogP contribution is -1.99. The van der Waals surface area contributed by atoms with Gasteiger partial charge in [-0.05, 0) is 94.4 Å². The largest absolute Gasteiger partial charge is 0.309 e. The number of nitrogens with zero attached hydrogens (tertiary/aromatic N) is 3. The molecular weight excluding hydrogens is 739 g/mol. The van der Waals surface area contributed by atoms with E-state index in [1.807, 2.05) is 0 Å². The van der Waals surface area contributed by atoms with Gasteiger partial charge < -0.3 is 13.7 Å². The van der Waals surface area contributed by atoms with Crippen LogP contribution >= 0.6 is 0 Å². The smallest absolute Gasteiger partial charge is 0.0788 e. The maximum absolute atomic E-state index is 2.50. The molecule has 0 aliphatic carbocycles. The first-order chi connectivity index (χ1) is 30.3. The van der Waals surface area contributed by atoms with Gasteiger partial charge in [0, 0.05) is 49.1 Å². The van der Waals surface area contributed by atoms with Crippen molar-refractivity contribution < 1.29 is 0 Å². The second kappa shape index (κ2) is 13.2. The van der Waals surface area contributed by atoms with Gasteiger partial charge in [0.05, 0.1) is 38.8 Å². The highest BCUT2D eigenvalue weighted by Gasteiger charge is 2.22. The van der Waals surface area contributed by atoms with Gasteiger partial charge in [0.2, 0.25) is 0 Å². The molecular formula is C58H37N3. The summed E-state index contributed by atoms with van der Waals surface area (Å²) in [5, 5.41) is 9.91. The average Bonchev–Trinajstić information content (AvgIpc) is 3.97. The van der Waals surface area contributed by atoms with E-state index in [1.165, 1.54) is 104 Å². The molecule has 10 aromatic carbocycles. The Labute approximate surface area is 352 Å². The van der Waals surface area contributed by atoms with Crippen LogP contribution < -0.4 is 0 Å². The SMILES string of the molecule is c1ccc(-c2cccc(-n3c4ccc(-c5ccc6c(c5)c5ccccc5n6-c5cccc6ccccc56)cc4c4ccc5c6ccccc6n(-c6ccccc6)c5c43)c2)cc1. The van der Waals surface area contributed by atoms with Gasteiger partial charge in [-0.3, -0.25) is 0 Å². The predicted molar refractivity (Wildman–Crippen MR) is 258 cm³/mol. The van der Waals surface area contributed by atoms with Gasteiger partial charge in [-0.15, -0.1) is 0 Å². The number of hydrogen-bond acceptors (Lipinski definition) is 0. The molecule has 0 atom stereocenters. The van der Waals surface area contributed by atoms with Crippen LogP contribution in [0.2, 0.25) is 0 Å². The second-order valence-corrected chi connectivity index (χ2v) is 16.1. The van der Waals surface area contributed by atoms with E-state index in [1.54, 1.807) is 0 Å². The zero-order valence-electron chi connectivity index (χ0n) is 33.2. The van der Waals surface area contributed by atoms with E-state index in [0.717, 1.165) is 11.4 Å². The molecule has 0 saturated carbocycles. The maximum Gasteiger partial charge on any atom is 0.0788 e. The summed E-state index contributed by atoms with van der Waals surface area (Å²) >= 11 is 0. The molecule has 0 bridgehead atoms. The van der Waals surface area contributed by atoms with Gasteiger partial charge in [0.25, 0.3) is 0 Å². The normalized spacial score (nSPS) is 11.9. The van der Waals surface area contributed by atoms with Crippen LogP contribution in [0.15, 0.2) is 224 Å². The Hall–Kier alpha value is -8.14. The van der Waals surface area contributed by atoms with Crippen molar-refractivity contribution in [1.29, 1.82) is 0 Å². The van der Waals surface area contributed by atoms with Crippen LogP contribution in [0.5, 0.6) is 0 Å². The summed E-state index contributed by atoms with van der Waals surface area (Å²) in [7, 11) is 0. The first-order valence-corrected chi connectivity index (χ1v) is 21.0. The summed E-state index contributed by atoms with van der Waals surface area (Å²) in [6.45, 7) is 0. The van der Waals surface area contributed by atoms with Crippen LogP contribution in [0.25, 0.3) is 116 Å². The van der Waals surface area contributed by atoms with E-state index in [-0.39, 0.29) is 0 Å². The number of rotatable bonds is 5. The van der Waals surface area contributed by atoms with E-state index in [0.29, 0.717) is 0 Å². The van der Waals surface area contributed by atoms with Crippen LogP contribution in [-0.4, -0.2) is 13.7 Å². The summed E-state index contributed by atoms with van der Waals surface area (Å²) in [6, 6.07) is 82.2. The molecule has 0 saturated heterocycles. The first-order valence-electron chi connectivity index (χ1n) is 21.0. The van der Waals surface area contributed by atoms with E-state index in [9.17, 15) is 0 Å². The predicted octanol–water partition coefficient (Wildman–Crippen LogP) is 15.5. The summed E-state index contributed by atoms with van der Waals surface area (Å²) in [5.74, 6) is 0. The molecule has 0 unspecified atom stereocenters. The van der Waals surface area contributed by atoms with Crippen LogP contribution in [0.4, 0.5) is 0 Å². The summed E-state index contributed by atoms with van der Waals surface area (Å²) in [5.41, 5.74) is 15.4. The molecule has 0 radical (unpaired) electrons. The molecule has 0 aliphatic heterocycles. The topological polar surface area (TPSA) is 14.8 Å². The lowest BCUT2D eigenvalue weighted by molar-refractivity contribution is 1.15. The van der Waals surface area contributed by atoms with Crippen LogP contribution in [0, 0.1) is 0 Å². The third-order valence-corrected chi connectivity index (χ3v) is 12.8. The maximum atomic E-state index is 2.50. The van der Waals surface area contributed by atoms with Gasteiger partial charge >= 0.3 is 0 Å². The number of benzene rings is 10. The third kappa shape index (κ3) is 5.04. The zero-order chi connectivity index (χ0) is 40.0. The third-order valence-electron chi connectivity index (χ3n) is 12.8. The lowest BCUT2D eigenvalue weighted by Gasteiger charge is -2.13.